The minimum Gasteiger partial charge on any atom is -0.544 e. The number of aliphatic carboxylic acids is 1. The number of hydrogen-bond donors (Lipinski definition) is 2. The fourth-order valence-corrected chi connectivity index (χ4v) is 2.62. The van der Waals surface area contributed by atoms with Crippen LogP contribution in [0.2, 0.25) is 0 Å². The summed E-state index contributed by atoms with van der Waals surface area (Å²) in [5.41, 5.74) is 0. The third-order valence-corrected chi connectivity index (χ3v) is 4.00. The Balaban J connectivity index is 3.59. The second-order valence-corrected chi connectivity index (χ2v) is 5.93. The van der Waals surface area contributed by atoms with Gasteiger partial charge in [-0.2, -0.15) is 10.4 Å². The second-order valence-electron chi connectivity index (χ2n) is 5.93. The summed E-state index contributed by atoms with van der Waals surface area (Å²) in [6.45, 7) is 3.87. The van der Waals surface area contributed by atoms with Gasteiger partial charge in [0.25, 0.3) is 0 Å². The number of rotatable bonds is 14. The highest BCUT2D eigenvalue weighted by Crippen LogP contribution is 2.14. The van der Waals surface area contributed by atoms with Gasteiger partial charge in [-0.3, -0.25) is 0 Å². The molecule has 0 spiro atoms. The zero-order valence-electron chi connectivity index (χ0n) is 13.7. The summed E-state index contributed by atoms with van der Waals surface area (Å²) in [6.07, 6.45) is 11.6. The van der Waals surface area contributed by atoms with Crippen LogP contribution in [0.15, 0.2) is 0 Å². The average molecular weight is 303 g/mol. The Kier molecular flexibility index (Phi) is 11.6. The van der Waals surface area contributed by atoms with Gasteiger partial charge in [-0.1, -0.05) is 65.2 Å². The second kappa shape index (κ2) is 12.0. The molecule has 2 N–H and O–H groups in total. The molecule has 126 valence electrons. The molecule has 0 bridgehead atoms. The van der Waals surface area contributed by atoms with Crippen LogP contribution in [0.25, 0.3) is 0 Å². The number of carboxylic acid groups (broad SMARTS) is 1. The zero-order valence-corrected chi connectivity index (χ0v) is 13.7. The van der Waals surface area contributed by atoms with E-state index in [1.54, 1.807) is 6.92 Å². The number of carbonyl (C=O) groups excluding carboxylic acids is 1. The lowest BCUT2D eigenvalue weighted by Gasteiger charge is -2.29. The van der Waals surface area contributed by atoms with E-state index in [-0.39, 0.29) is 13.0 Å². The third-order valence-electron chi connectivity index (χ3n) is 4.00. The van der Waals surface area contributed by atoms with Gasteiger partial charge in [-0.05, 0) is 11.2 Å². The predicted octanol–water partition coefficient (Wildman–Crippen LogP) is 3.03. The molecule has 0 amide bonds. The molecule has 5 nitrogen and oxygen atoms in total. The molecule has 0 saturated heterocycles. The molecule has 0 aliphatic rings. The van der Waals surface area contributed by atoms with Gasteiger partial charge in [0.1, 0.15) is 12.5 Å². The number of hydroxylamine groups is 4. The number of carboxylic acids is 1. The van der Waals surface area contributed by atoms with E-state index in [4.69, 9.17) is 0 Å². The van der Waals surface area contributed by atoms with Crippen LogP contribution in [0.3, 0.4) is 0 Å². The molecule has 21 heavy (non-hydrogen) atoms. The third kappa shape index (κ3) is 9.82. The fourth-order valence-electron chi connectivity index (χ4n) is 2.62. The summed E-state index contributed by atoms with van der Waals surface area (Å²) >= 11 is 0. The van der Waals surface area contributed by atoms with Crippen LogP contribution in [-0.2, 0) is 4.79 Å². The number of hydrogen-bond acceptors (Lipinski definition) is 4. The Morgan fingerprint density at radius 2 is 1.33 bits per heavy atom. The zero-order chi connectivity index (χ0) is 16.1. The highest BCUT2D eigenvalue weighted by molar-refractivity contribution is 5.69. The van der Waals surface area contributed by atoms with Crippen molar-refractivity contribution >= 4 is 5.97 Å². The molecule has 1 atom stereocenters. The normalized spacial score (nSPS) is 13.3. The van der Waals surface area contributed by atoms with Gasteiger partial charge in [-0.25, -0.2) is 0 Å². The average Bonchev–Trinajstić information content (AvgIpc) is 2.40. The van der Waals surface area contributed by atoms with Crippen molar-refractivity contribution in [3.63, 3.8) is 0 Å². The summed E-state index contributed by atoms with van der Waals surface area (Å²) in [7, 11) is 0. The molecular weight excluding hydrogens is 270 g/mol. The molecule has 0 radical (unpaired) electrons. The summed E-state index contributed by atoms with van der Waals surface area (Å²) in [5.74, 6) is -1.41. The molecular formula is C16H33NO4. The maximum absolute atomic E-state index is 10.8. The molecule has 0 aromatic rings. The van der Waals surface area contributed by atoms with E-state index in [0.29, 0.717) is 6.42 Å². The predicted molar refractivity (Wildman–Crippen MR) is 79.6 cm³/mol. The molecule has 1 unspecified atom stereocenters. The van der Waals surface area contributed by atoms with Crippen molar-refractivity contribution in [2.45, 2.75) is 90.5 Å². The summed E-state index contributed by atoms with van der Waals surface area (Å²) < 4.78 is 0. The smallest absolute Gasteiger partial charge is 0.191 e. The minimum absolute atomic E-state index is 0.0446. The molecule has 0 heterocycles. The van der Waals surface area contributed by atoms with Crippen molar-refractivity contribution < 1.29 is 25.1 Å². The van der Waals surface area contributed by atoms with E-state index < -0.39 is 16.8 Å². The van der Waals surface area contributed by atoms with Gasteiger partial charge in [0.05, 0.1) is 0 Å². The SMILES string of the molecule is CCCCCCCCCCCC[N+](O)(O)C(CC)C(=O)[O-]. The van der Waals surface area contributed by atoms with Crippen LogP contribution >= 0.6 is 0 Å². The largest absolute Gasteiger partial charge is 0.544 e. The Hall–Kier alpha value is -0.650. The topological polar surface area (TPSA) is 80.6 Å². The first-order chi connectivity index (χ1) is 9.95. The quantitative estimate of drug-likeness (QED) is 0.294. The van der Waals surface area contributed by atoms with Gasteiger partial charge in [0.2, 0.25) is 0 Å². The Morgan fingerprint density at radius 1 is 0.905 bits per heavy atom. The molecule has 0 aromatic heterocycles. The lowest BCUT2D eigenvalue weighted by molar-refractivity contribution is -1.25. The Morgan fingerprint density at radius 3 is 1.71 bits per heavy atom. The number of nitrogens with zero attached hydrogens (tertiary/aromatic N) is 1. The van der Waals surface area contributed by atoms with Crippen molar-refractivity contribution in [3.05, 3.63) is 0 Å². The van der Waals surface area contributed by atoms with Gasteiger partial charge >= 0.3 is 0 Å². The van der Waals surface area contributed by atoms with E-state index in [0.717, 1.165) is 12.8 Å². The van der Waals surface area contributed by atoms with Crippen LogP contribution < -0.4 is 5.11 Å². The number of quaternary nitrogens is 1. The maximum atomic E-state index is 10.8. The maximum Gasteiger partial charge on any atom is 0.191 e. The molecule has 0 aliphatic heterocycles. The Labute approximate surface area is 129 Å². The monoisotopic (exact) mass is 303 g/mol. The van der Waals surface area contributed by atoms with Gasteiger partial charge < -0.3 is 9.90 Å². The standard InChI is InChI=1S/C16H33NO4/c1-3-5-6-7-8-9-10-11-12-13-14-17(20,21)15(4-2)16(18)19/h15,20-21H,3-14H2,1-2H3. The van der Waals surface area contributed by atoms with Crippen LogP contribution in [0.5, 0.6) is 0 Å². The molecule has 0 aliphatic carbocycles. The first kappa shape index (κ1) is 20.3. The van der Waals surface area contributed by atoms with Crippen molar-refractivity contribution in [2.24, 2.45) is 0 Å². The van der Waals surface area contributed by atoms with Crippen LogP contribution in [-0.4, -0.2) is 33.8 Å². The summed E-state index contributed by atoms with van der Waals surface area (Å²) in [4.78, 5) is 9.36. The summed E-state index contributed by atoms with van der Waals surface area (Å²) in [6, 6.07) is -1.26. The lowest BCUT2D eigenvalue weighted by Crippen LogP contribution is -2.58. The van der Waals surface area contributed by atoms with E-state index in [9.17, 15) is 20.3 Å². The highest BCUT2D eigenvalue weighted by Gasteiger charge is 2.34. The molecule has 0 rings (SSSR count). The number of unbranched alkanes of at least 4 members (excludes halogenated alkanes) is 9. The van der Waals surface area contributed by atoms with Crippen LogP contribution in [0.4, 0.5) is 0 Å². The van der Waals surface area contributed by atoms with Gasteiger partial charge in [0.15, 0.2) is 6.04 Å². The fraction of sp³-hybridized carbons (Fsp3) is 0.938. The molecule has 5 heteroatoms. The lowest BCUT2D eigenvalue weighted by atomic mass is 10.1. The highest BCUT2D eigenvalue weighted by atomic mass is 16.8. The van der Waals surface area contributed by atoms with Gasteiger partial charge in [-0.15, -0.1) is 0 Å². The first-order valence-corrected chi connectivity index (χ1v) is 8.49. The van der Waals surface area contributed by atoms with Crippen molar-refractivity contribution in [2.75, 3.05) is 6.54 Å². The van der Waals surface area contributed by atoms with Crippen LogP contribution in [0, 0.1) is 0 Å². The summed E-state index contributed by atoms with van der Waals surface area (Å²) in [5, 5.41) is 30.3. The van der Waals surface area contributed by atoms with E-state index in [1.807, 2.05) is 0 Å². The van der Waals surface area contributed by atoms with E-state index in [1.165, 1.54) is 44.9 Å². The molecule has 0 aromatic carbocycles. The van der Waals surface area contributed by atoms with Crippen molar-refractivity contribution in [3.8, 4) is 0 Å². The van der Waals surface area contributed by atoms with Crippen LogP contribution in [0.1, 0.15) is 84.5 Å². The molecule has 0 saturated carbocycles. The Bertz CT molecular complexity index is 269. The van der Waals surface area contributed by atoms with Gasteiger partial charge in [0, 0.05) is 12.8 Å². The molecule has 0 fully saturated rings. The number of carbonyl (C=O) groups is 1. The van der Waals surface area contributed by atoms with Crippen molar-refractivity contribution in [1.29, 1.82) is 0 Å². The van der Waals surface area contributed by atoms with Crippen molar-refractivity contribution in [1.82, 2.24) is 0 Å². The first-order valence-electron chi connectivity index (χ1n) is 8.49. The van der Waals surface area contributed by atoms with E-state index >= 15 is 0 Å². The minimum atomic E-state index is -1.45. The van der Waals surface area contributed by atoms with E-state index in [2.05, 4.69) is 6.92 Å².